The maximum Gasteiger partial charge on any atom is 0.268 e. The zero-order valence-corrected chi connectivity index (χ0v) is 19.1. The summed E-state index contributed by atoms with van der Waals surface area (Å²) in [5, 5.41) is 3.76. The maximum atomic E-state index is 13.8. The van der Waals surface area contributed by atoms with Crippen molar-refractivity contribution in [2.24, 2.45) is 0 Å². The predicted molar refractivity (Wildman–Crippen MR) is 132 cm³/mol. The van der Waals surface area contributed by atoms with Crippen molar-refractivity contribution >= 4 is 44.9 Å². The number of halogens is 2. The zero-order chi connectivity index (χ0) is 22.1. The number of thiophene rings is 1. The molecule has 0 fully saturated rings. The third-order valence-corrected chi connectivity index (χ3v) is 7.16. The van der Waals surface area contributed by atoms with Crippen molar-refractivity contribution in [3.8, 4) is 16.8 Å². The molecule has 0 aliphatic rings. The van der Waals surface area contributed by atoms with E-state index in [0.29, 0.717) is 26.1 Å². The summed E-state index contributed by atoms with van der Waals surface area (Å²) >= 11 is 8.92. The molecule has 0 spiro atoms. The van der Waals surface area contributed by atoms with Crippen LogP contribution in [0.5, 0.6) is 0 Å². The summed E-state index contributed by atoms with van der Waals surface area (Å²) in [6.07, 6.45) is 0. The highest BCUT2D eigenvalue weighted by Crippen LogP contribution is 2.33. The Hall–Kier alpha value is -2.93. The van der Waals surface area contributed by atoms with Crippen molar-refractivity contribution in [1.82, 2.24) is 9.55 Å². The lowest BCUT2D eigenvalue weighted by atomic mass is 10.1. The monoisotopic (exact) mass is 478 g/mol. The molecule has 0 unspecified atom stereocenters. The highest BCUT2D eigenvalue weighted by atomic mass is 35.5. The number of rotatable bonds is 5. The number of hydrogen-bond donors (Lipinski definition) is 0. The number of thioether (sulfide) groups is 1. The third-order valence-electron chi connectivity index (χ3n) is 5.03. The first kappa shape index (κ1) is 20.9. The molecular weight excluding hydrogens is 463 g/mol. The van der Waals surface area contributed by atoms with Gasteiger partial charge in [0.1, 0.15) is 10.6 Å². The van der Waals surface area contributed by atoms with Crippen molar-refractivity contribution in [1.29, 1.82) is 0 Å². The highest BCUT2D eigenvalue weighted by Gasteiger charge is 2.18. The second-order valence-corrected chi connectivity index (χ2v) is 9.36. The van der Waals surface area contributed by atoms with Gasteiger partial charge < -0.3 is 0 Å². The Kier molecular flexibility index (Phi) is 5.83. The number of fused-ring (bicyclic) bond motifs is 1. The summed E-state index contributed by atoms with van der Waals surface area (Å²) < 4.78 is 15.1. The van der Waals surface area contributed by atoms with Crippen LogP contribution < -0.4 is 5.56 Å². The molecule has 3 aromatic carbocycles. The Balaban J connectivity index is 1.65. The van der Waals surface area contributed by atoms with Gasteiger partial charge in [-0.3, -0.25) is 9.36 Å². The Morgan fingerprint density at radius 2 is 1.69 bits per heavy atom. The molecule has 7 heteroatoms. The molecule has 0 atom stereocenters. The van der Waals surface area contributed by atoms with E-state index in [1.807, 2.05) is 60.0 Å². The van der Waals surface area contributed by atoms with Gasteiger partial charge in [0.25, 0.3) is 5.56 Å². The van der Waals surface area contributed by atoms with E-state index in [1.54, 1.807) is 16.7 Å². The van der Waals surface area contributed by atoms with Gasteiger partial charge in [-0.2, -0.15) is 0 Å². The molecule has 0 saturated carbocycles. The average molecular weight is 479 g/mol. The number of nitrogens with zero attached hydrogens (tertiary/aromatic N) is 2. The van der Waals surface area contributed by atoms with Crippen molar-refractivity contribution < 1.29 is 4.39 Å². The Bertz CT molecular complexity index is 1450. The zero-order valence-electron chi connectivity index (χ0n) is 16.7. The third kappa shape index (κ3) is 4.09. The molecule has 5 rings (SSSR count). The van der Waals surface area contributed by atoms with E-state index >= 15 is 0 Å². The minimum Gasteiger partial charge on any atom is -0.268 e. The SMILES string of the molecule is O=c1c2c(-c3ccc(F)cc3)csc2nc(SCc2ccc(Cl)cc2)n1-c1ccccc1. The van der Waals surface area contributed by atoms with E-state index in [-0.39, 0.29) is 11.4 Å². The lowest BCUT2D eigenvalue weighted by molar-refractivity contribution is 0.628. The average Bonchev–Trinajstić information content (AvgIpc) is 3.24. The van der Waals surface area contributed by atoms with Gasteiger partial charge in [-0.25, -0.2) is 9.37 Å². The molecule has 0 radical (unpaired) electrons. The van der Waals surface area contributed by atoms with E-state index < -0.39 is 0 Å². The smallest absolute Gasteiger partial charge is 0.268 e. The molecule has 158 valence electrons. The lowest BCUT2D eigenvalue weighted by Crippen LogP contribution is -2.21. The Labute approximate surface area is 197 Å². The largest absolute Gasteiger partial charge is 0.268 e. The highest BCUT2D eigenvalue weighted by molar-refractivity contribution is 7.98. The summed E-state index contributed by atoms with van der Waals surface area (Å²) in [6.45, 7) is 0. The summed E-state index contributed by atoms with van der Waals surface area (Å²) in [4.78, 5) is 19.3. The fourth-order valence-corrected chi connectivity index (χ4v) is 5.53. The molecule has 0 aliphatic carbocycles. The first-order valence-electron chi connectivity index (χ1n) is 9.83. The van der Waals surface area contributed by atoms with Gasteiger partial charge in [-0.1, -0.05) is 65.8 Å². The van der Waals surface area contributed by atoms with Crippen LogP contribution in [0.4, 0.5) is 4.39 Å². The maximum absolute atomic E-state index is 13.8. The predicted octanol–water partition coefficient (Wildman–Crippen LogP) is 7.20. The van der Waals surface area contributed by atoms with Crippen molar-refractivity contribution in [3.05, 3.63) is 111 Å². The number of aromatic nitrogens is 2. The van der Waals surface area contributed by atoms with Crippen LogP contribution in [0.2, 0.25) is 5.02 Å². The number of benzene rings is 3. The minimum atomic E-state index is -0.311. The normalized spacial score (nSPS) is 11.2. The first-order valence-corrected chi connectivity index (χ1v) is 12.1. The summed E-state index contributed by atoms with van der Waals surface area (Å²) in [5.41, 5.74) is 3.26. The van der Waals surface area contributed by atoms with Gasteiger partial charge >= 0.3 is 0 Å². The molecule has 0 aliphatic heterocycles. The van der Waals surface area contributed by atoms with E-state index in [2.05, 4.69) is 0 Å². The van der Waals surface area contributed by atoms with Gasteiger partial charge in [0.2, 0.25) is 0 Å². The van der Waals surface area contributed by atoms with Crippen LogP contribution in [0.3, 0.4) is 0 Å². The Morgan fingerprint density at radius 1 is 0.969 bits per heavy atom. The molecule has 5 aromatic rings. The lowest BCUT2D eigenvalue weighted by Gasteiger charge is -2.13. The molecule has 2 aromatic heterocycles. The van der Waals surface area contributed by atoms with Crippen LogP contribution in [0.25, 0.3) is 27.0 Å². The van der Waals surface area contributed by atoms with Crippen LogP contribution in [-0.2, 0) is 5.75 Å². The minimum absolute atomic E-state index is 0.139. The molecule has 0 amide bonds. The fourth-order valence-electron chi connectivity index (χ4n) is 3.44. The fraction of sp³-hybridized carbons (Fsp3) is 0.0400. The van der Waals surface area contributed by atoms with Crippen LogP contribution in [0.1, 0.15) is 5.56 Å². The molecule has 2 heterocycles. The second-order valence-electron chi connectivity index (χ2n) is 7.12. The topological polar surface area (TPSA) is 34.9 Å². The Morgan fingerprint density at radius 3 is 2.41 bits per heavy atom. The van der Waals surface area contributed by atoms with Gasteiger partial charge in [0.05, 0.1) is 11.1 Å². The van der Waals surface area contributed by atoms with Crippen LogP contribution >= 0.6 is 34.7 Å². The van der Waals surface area contributed by atoms with Crippen LogP contribution in [-0.4, -0.2) is 9.55 Å². The molecule has 3 nitrogen and oxygen atoms in total. The van der Waals surface area contributed by atoms with Gasteiger partial charge in [0.15, 0.2) is 5.16 Å². The molecule has 32 heavy (non-hydrogen) atoms. The molecule has 0 N–H and O–H groups in total. The van der Waals surface area contributed by atoms with Crippen molar-refractivity contribution in [2.45, 2.75) is 10.9 Å². The summed E-state index contributed by atoms with van der Waals surface area (Å²) in [5.74, 6) is 0.340. The molecule has 0 saturated heterocycles. The first-order chi connectivity index (χ1) is 15.6. The van der Waals surface area contributed by atoms with Crippen molar-refractivity contribution in [3.63, 3.8) is 0 Å². The summed E-state index contributed by atoms with van der Waals surface area (Å²) in [7, 11) is 0. The van der Waals surface area contributed by atoms with Crippen LogP contribution in [0.15, 0.2) is 94.2 Å². The standard InChI is InChI=1S/C25H16ClFN2OS2/c26-18-10-6-16(7-11-18)14-32-25-28-23-22(24(30)29(25)20-4-2-1-3-5-20)21(15-31-23)17-8-12-19(27)13-9-17/h1-13,15H,14H2. The number of para-hydroxylation sites is 1. The molecule has 0 bridgehead atoms. The van der Waals surface area contributed by atoms with E-state index in [1.165, 1.54) is 35.2 Å². The molecular formula is C25H16ClFN2OS2. The van der Waals surface area contributed by atoms with Gasteiger partial charge in [-0.05, 0) is 47.5 Å². The quantitative estimate of drug-likeness (QED) is 0.198. The van der Waals surface area contributed by atoms with Gasteiger partial charge in [0, 0.05) is 21.7 Å². The summed E-state index contributed by atoms with van der Waals surface area (Å²) in [6, 6.07) is 23.3. The van der Waals surface area contributed by atoms with Crippen molar-refractivity contribution in [2.75, 3.05) is 0 Å². The van der Waals surface area contributed by atoms with E-state index in [0.717, 1.165) is 22.4 Å². The van der Waals surface area contributed by atoms with E-state index in [4.69, 9.17) is 16.6 Å². The number of hydrogen-bond acceptors (Lipinski definition) is 4. The van der Waals surface area contributed by atoms with Crippen LogP contribution in [0, 0.1) is 5.82 Å². The van der Waals surface area contributed by atoms with Gasteiger partial charge in [-0.15, -0.1) is 11.3 Å². The second kappa shape index (κ2) is 8.90. The van der Waals surface area contributed by atoms with E-state index in [9.17, 15) is 9.18 Å².